The summed E-state index contributed by atoms with van der Waals surface area (Å²) < 4.78 is 35.9. The van der Waals surface area contributed by atoms with Crippen LogP contribution >= 0.6 is 0 Å². The molecule has 3 rings (SSSR count). The van der Waals surface area contributed by atoms with E-state index >= 15 is 0 Å². The summed E-state index contributed by atoms with van der Waals surface area (Å²) in [6, 6.07) is 7.44. The van der Waals surface area contributed by atoms with Crippen LogP contribution in [0.4, 0.5) is 8.78 Å². The van der Waals surface area contributed by atoms with Crippen molar-refractivity contribution >= 4 is 0 Å². The predicted octanol–water partition coefficient (Wildman–Crippen LogP) is 3.51. The third kappa shape index (κ3) is 2.31. The van der Waals surface area contributed by atoms with E-state index in [2.05, 4.69) is 4.98 Å². The fourth-order valence-corrected chi connectivity index (χ4v) is 2.68. The van der Waals surface area contributed by atoms with Gasteiger partial charge in [-0.2, -0.15) is 0 Å². The minimum absolute atomic E-state index is 0.193. The second kappa shape index (κ2) is 5.29. The van der Waals surface area contributed by atoms with Crippen LogP contribution in [0.1, 0.15) is 43.1 Å². The van der Waals surface area contributed by atoms with E-state index in [4.69, 9.17) is 1.37 Å². The molecule has 1 aliphatic rings. The third-order valence-electron chi connectivity index (χ3n) is 3.70. The highest BCUT2D eigenvalue weighted by Gasteiger charge is 2.26. The molecular weight excluding hydrogens is 260 g/mol. The van der Waals surface area contributed by atoms with Crippen molar-refractivity contribution in [3.05, 3.63) is 65.0 Å². The lowest BCUT2D eigenvalue weighted by Gasteiger charge is -2.16. The second-order valence-electron chi connectivity index (χ2n) is 4.99. The Balaban J connectivity index is 2.07. The fourth-order valence-electron chi connectivity index (χ4n) is 2.68. The number of halogens is 2. The summed E-state index contributed by atoms with van der Waals surface area (Å²) in [5.74, 6) is -2.31. The van der Waals surface area contributed by atoms with Gasteiger partial charge in [-0.05, 0) is 48.4 Å². The van der Waals surface area contributed by atoms with Gasteiger partial charge in [0.2, 0.25) is 0 Å². The SMILES string of the molecule is [2H][C@@H]1c2cccnc2[C@H](O)CC[C@@H]1c1cccc(F)c1F. The molecule has 3 atom stereocenters. The number of aromatic nitrogens is 1. The molecule has 1 heterocycles. The van der Waals surface area contributed by atoms with E-state index < -0.39 is 30.1 Å². The standard InChI is InChI=1S/C16H15F2NO/c17-13-5-1-4-12(15(13)18)10-6-7-14(20)16-11(9-10)3-2-8-19-16/h1-5,8,10,14,20H,6-7,9H2/t10-,14+/m0/s1/i9D/t9-,10-,14+. The van der Waals surface area contributed by atoms with Crippen molar-refractivity contribution in [2.24, 2.45) is 0 Å². The van der Waals surface area contributed by atoms with Crippen molar-refractivity contribution in [2.45, 2.75) is 31.3 Å². The van der Waals surface area contributed by atoms with Gasteiger partial charge in [-0.1, -0.05) is 18.2 Å². The Morgan fingerprint density at radius 2 is 2.05 bits per heavy atom. The Kier molecular flexibility index (Phi) is 3.17. The fraction of sp³-hybridized carbons (Fsp3) is 0.312. The smallest absolute Gasteiger partial charge is 0.162 e. The highest BCUT2D eigenvalue weighted by Crippen LogP contribution is 2.36. The van der Waals surface area contributed by atoms with Crippen molar-refractivity contribution in [3.8, 4) is 0 Å². The summed E-state index contributed by atoms with van der Waals surface area (Å²) in [6.45, 7) is 0. The van der Waals surface area contributed by atoms with Crippen LogP contribution in [0.2, 0.25) is 0 Å². The van der Waals surface area contributed by atoms with E-state index in [1.807, 2.05) is 0 Å². The number of rotatable bonds is 1. The van der Waals surface area contributed by atoms with E-state index in [9.17, 15) is 13.9 Å². The lowest BCUT2D eigenvalue weighted by atomic mass is 9.90. The molecule has 1 aliphatic carbocycles. The minimum atomic E-state index is -0.907. The largest absolute Gasteiger partial charge is 0.387 e. The maximum Gasteiger partial charge on any atom is 0.162 e. The van der Waals surface area contributed by atoms with Gasteiger partial charge in [-0.25, -0.2) is 8.78 Å². The lowest BCUT2D eigenvalue weighted by Crippen LogP contribution is -2.06. The number of benzene rings is 1. The summed E-state index contributed by atoms with van der Waals surface area (Å²) in [5, 5.41) is 10.1. The van der Waals surface area contributed by atoms with Crippen LogP contribution in [-0.4, -0.2) is 10.1 Å². The van der Waals surface area contributed by atoms with Gasteiger partial charge < -0.3 is 5.11 Å². The first-order valence-corrected chi connectivity index (χ1v) is 6.58. The number of aliphatic hydroxyl groups excluding tert-OH is 1. The van der Waals surface area contributed by atoms with Crippen LogP contribution in [0.5, 0.6) is 0 Å². The van der Waals surface area contributed by atoms with Gasteiger partial charge in [0.05, 0.1) is 11.8 Å². The second-order valence-corrected chi connectivity index (χ2v) is 4.99. The number of nitrogens with zero attached hydrogens (tertiary/aromatic N) is 1. The summed E-state index contributed by atoms with van der Waals surface area (Å²) in [4.78, 5) is 4.14. The van der Waals surface area contributed by atoms with Crippen molar-refractivity contribution in [3.63, 3.8) is 0 Å². The molecule has 0 spiro atoms. The Labute approximate surface area is 117 Å². The van der Waals surface area contributed by atoms with Gasteiger partial charge in [0.25, 0.3) is 0 Å². The van der Waals surface area contributed by atoms with Crippen LogP contribution in [0, 0.1) is 11.6 Å². The Morgan fingerprint density at radius 3 is 2.90 bits per heavy atom. The minimum Gasteiger partial charge on any atom is -0.387 e. The first kappa shape index (κ1) is 12.0. The molecule has 1 aromatic heterocycles. The molecule has 2 nitrogen and oxygen atoms in total. The Hall–Kier alpha value is -1.81. The van der Waals surface area contributed by atoms with Gasteiger partial charge >= 0.3 is 0 Å². The molecule has 1 N–H and O–H groups in total. The number of aliphatic hydroxyl groups is 1. The molecule has 104 valence electrons. The van der Waals surface area contributed by atoms with Crippen LogP contribution in [0.15, 0.2) is 36.5 Å². The van der Waals surface area contributed by atoms with Gasteiger partial charge in [-0.15, -0.1) is 0 Å². The summed E-state index contributed by atoms with van der Waals surface area (Å²) >= 11 is 0. The zero-order chi connectivity index (χ0) is 15.0. The van der Waals surface area contributed by atoms with Crippen molar-refractivity contribution in [1.29, 1.82) is 0 Å². The molecule has 0 saturated carbocycles. The Morgan fingerprint density at radius 1 is 1.20 bits per heavy atom. The molecule has 20 heavy (non-hydrogen) atoms. The molecule has 0 unspecified atom stereocenters. The summed E-state index contributed by atoms with van der Waals surface area (Å²) in [6.07, 6.45) is 0.807. The molecule has 0 aliphatic heterocycles. The molecule has 4 heteroatoms. The molecule has 0 amide bonds. The van der Waals surface area contributed by atoms with E-state index in [1.54, 1.807) is 18.3 Å². The van der Waals surface area contributed by atoms with Crippen LogP contribution in [-0.2, 0) is 6.40 Å². The molecule has 2 aromatic rings. The van der Waals surface area contributed by atoms with Crippen molar-refractivity contribution in [2.75, 3.05) is 0 Å². The van der Waals surface area contributed by atoms with Gasteiger partial charge in [0.1, 0.15) is 0 Å². The predicted molar refractivity (Wildman–Crippen MR) is 71.2 cm³/mol. The van der Waals surface area contributed by atoms with Crippen LogP contribution in [0.25, 0.3) is 0 Å². The molecular formula is C16H15F2NO. The van der Waals surface area contributed by atoms with Crippen molar-refractivity contribution < 1.29 is 15.3 Å². The highest BCUT2D eigenvalue weighted by atomic mass is 19.2. The number of fused-ring (bicyclic) bond motifs is 1. The summed E-state index contributed by atoms with van der Waals surface area (Å²) in [5.41, 5.74) is 1.24. The van der Waals surface area contributed by atoms with Gasteiger partial charge in [0, 0.05) is 7.57 Å². The van der Waals surface area contributed by atoms with E-state index in [0.29, 0.717) is 24.1 Å². The number of pyridine rings is 1. The van der Waals surface area contributed by atoms with Crippen LogP contribution in [0.3, 0.4) is 0 Å². The maximum atomic E-state index is 14.0. The number of hydrogen-bond acceptors (Lipinski definition) is 2. The maximum absolute atomic E-state index is 14.0. The zero-order valence-electron chi connectivity index (χ0n) is 11.8. The quantitative estimate of drug-likeness (QED) is 0.808. The normalized spacial score (nSPS) is 26.6. The van der Waals surface area contributed by atoms with E-state index in [1.165, 1.54) is 12.1 Å². The monoisotopic (exact) mass is 276 g/mol. The topological polar surface area (TPSA) is 33.1 Å². The van der Waals surface area contributed by atoms with Crippen molar-refractivity contribution in [1.82, 2.24) is 4.98 Å². The first-order chi connectivity index (χ1) is 10.1. The summed E-state index contributed by atoms with van der Waals surface area (Å²) in [7, 11) is 0. The molecule has 0 radical (unpaired) electrons. The van der Waals surface area contributed by atoms with Gasteiger partial charge in [0.15, 0.2) is 11.6 Å². The van der Waals surface area contributed by atoms with E-state index in [-0.39, 0.29) is 5.56 Å². The first-order valence-electron chi connectivity index (χ1n) is 7.16. The Bertz CT molecular complexity index is 664. The average Bonchev–Trinajstić information content (AvgIpc) is 2.62. The molecule has 1 aromatic carbocycles. The molecule has 0 bridgehead atoms. The van der Waals surface area contributed by atoms with Gasteiger partial charge in [-0.3, -0.25) is 4.98 Å². The zero-order valence-corrected chi connectivity index (χ0v) is 10.8. The van der Waals surface area contributed by atoms with E-state index in [0.717, 1.165) is 6.07 Å². The highest BCUT2D eigenvalue weighted by molar-refractivity contribution is 5.30. The molecule has 0 fully saturated rings. The van der Waals surface area contributed by atoms with Crippen LogP contribution < -0.4 is 0 Å². The molecule has 0 saturated heterocycles. The average molecular weight is 276 g/mol. The lowest BCUT2D eigenvalue weighted by molar-refractivity contribution is 0.160. The third-order valence-corrected chi connectivity index (χ3v) is 3.70. The number of hydrogen-bond donors (Lipinski definition) is 1.